The zero-order valence-electron chi connectivity index (χ0n) is 10.4. The molecule has 1 aliphatic heterocycles. The lowest BCUT2D eigenvalue weighted by Gasteiger charge is -2.32. The molecular formula is C15H11F2NOS. The Kier molecular flexibility index (Phi) is 3.36. The number of carbonyl (C=O) groups is 1. The second-order valence-electron chi connectivity index (χ2n) is 4.56. The summed E-state index contributed by atoms with van der Waals surface area (Å²) in [6.07, 6.45) is 3.31. The van der Waals surface area contributed by atoms with E-state index in [-0.39, 0.29) is 12.2 Å². The topological polar surface area (TPSA) is 20.3 Å². The molecule has 2 heterocycles. The Morgan fingerprint density at radius 1 is 1.25 bits per heavy atom. The first-order valence-corrected chi connectivity index (χ1v) is 7.06. The zero-order valence-corrected chi connectivity index (χ0v) is 11.2. The average Bonchev–Trinajstić information content (AvgIpc) is 2.92. The van der Waals surface area contributed by atoms with Gasteiger partial charge in [-0.05, 0) is 23.6 Å². The number of hydrogen-bond donors (Lipinski definition) is 0. The summed E-state index contributed by atoms with van der Waals surface area (Å²) in [4.78, 5) is 13.5. The average molecular weight is 291 g/mol. The highest BCUT2D eigenvalue weighted by Crippen LogP contribution is 2.35. The summed E-state index contributed by atoms with van der Waals surface area (Å²) in [6.45, 7) is 0. The van der Waals surface area contributed by atoms with Crippen LogP contribution in [0.2, 0.25) is 0 Å². The molecule has 0 amide bonds. The highest BCUT2D eigenvalue weighted by molar-refractivity contribution is 7.08. The first-order valence-electron chi connectivity index (χ1n) is 6.11. The Morgan fingerprint density at radius 2 is 2.10 bits per heavy atom. The highest BCUT2D eigenvalue weighted by Gasteiger charge is 2.27. The van der Waals surface area contributed by atoms with Gasteiger partial charge in [-0.3, -0.25) is 4.79 Å². The molecular weight excluding hydrogens is 280 g/mol. The van der Waals surface area contributed by atoms with Crippen molar-refractivity contribution >= 4 is 22.8 Å². The largest absolute Gasteiger partial charge is 0.339 e. The number of rotatable bonds is 2. The molecule has 0 spiro atoms. The number of halogens is 2. The Balaban J connectivity index is 2.04. The van der Waals surface area contributed by atoms with E-state index in [4.69, 9.17) is 0 Å². The van der Waals surface area contributed by atoms with E-state index in [2.05, 4.69) is 0 Å². The van der Waals surface area contributed by atoms with Crippen LogP contribution in [0.25, 0.3) is 0 Å². The van der Waals surface area contributed by atoms with Gasteiger partial charge in [0.2, 0.25) is 0 Å². The minimum absolute atomic E-state index is 0.0646. The third-order valence-electron chi connectivity index (χ3n) is 3.28. The van der Waals surface area contributed by atoms with Crippen LogP contribution >= 0.6 is 11.3 Å². The monoisotopic (exact) mass is 291 g/mol. The lowest BCUT2D eigenvalue weighted by molar-refractivity contribution is -0.115. The van der Waals surface area contributed by atoms with E-state index in [1.54, 1.807) is 6.20 Å². The van der Waals surface area contributed by atoms with Gasteiger partial charge in [-0.1, -0.05) is 6.07 Å². The maximum absolute atomic E-state index is 14.0. The van der Waals surface area contributed by atoms with Crippen LogP contribution in [0, 0.1) is 11.6 Å². The van der Waals surface area contributed by atoms with Gasteiger partial charge < -0.3 is 4.90 Å². The summed E-state index contributed by atoms with van der Waals surface area (Å²) in [5, 5.41) is 3.84. The second kappa shape index (κ2) is 5.17. The van der Waals surface area contributed by atoms with Gasteiger partial charge in [0.25, 0.3) is 0 Å². The van der Waals surface area contributed by atoms with Crippen molar-refractivity contribution < 1.29 is 13.6 Å². The fourth-order valence-electron chi connectivity index (χ4n) is 2.33. The maximum Gasteiger partial charge on any atom is 0.159 e. The van der Waals surface area contributed by atoms with Crippen LogP contribution in [0.15, 0.2) is 47.3 Å². The predicted molar refractivity (Wildman–Crippen MR) is 74.7 cm³/mol. The van der Waals surface area contributed by atoms with Crippen molar-refractivity contribution in [3.63, 3.8) is 0 Å². The van der Waals surface area contributed by atoms with Gasteiger partial charge in [0.05, 0.1) is 11.7 Å². The number of allylic oxidation sites excluding steroid dienone is 1. The van der Waals surface area contributed by atoms with E-state index in [1.807, 2.05) is 21.7 Å². The van der Waals surface area contributed by atoms with E-state index in [9.17, 15) is 13.6 Å². The van der Waals surface area contributed by atoms with Crippen LogP contribution in [-0.4, -0.2) is 5.78 Å². The van der Waals surface area contributed by atoms with Gasteiger partial charge in [-0.15, -0.1) is 0 Å². The number of hydrogen-bond acceptors (Lipinski definition) is 3. The third kappa shape index (κ3) is 2.36. The standard InChI is InChI=1S/C15H11F2NOS/c16-10-1-2-13(14(17)7-10)15-8-12(19)3-5-18(15)11-4-6-20-9-11/h1-7,9,15H,8H2. The van der Waals surface area contributed by atoms with Crippen molar-refractivity contribution in [3.05, 3.63) is 64.5 Å². The molecule has 1 aromatic heterocycles. The molecule has 1 unspecified atom stereocenters. The van der Waals surface area contributed by atoms with Crippen LogP contribution in [0.4, 0.5) is 14.5 Å². The van der Waals surface area contributed by atoms with Crippen molar-refractivity contribution in [1.29, 1.82) is 0 Å². The van der Waals surface area contributed by atoms with E-state index >= 15 is 0 Å². The molecule has 102 valence electrons. The fraction of sp³-hybridized carbons (Fsp3) is 0.133. The molecule has 0 fully saturated rings. The van der Waals surface area contributed by atoms with E-state index < -0.39 is 17.7 Å². The first kappa shape index (κ1) is 13.0. The Bertz CT molecular complexity index is 667. The summed E-state index contributed by atoms with van der Waals surface area (Å²) in [5.74, 6) is -1.31. The SMILES string of the molecule is O=C1C=CN(c2ccsc2)C(c2ccc(F)cc2F)C1. The summed E-state index contributed by atoms with van der Waals surface area (Å²) < 4.78 is 27.0. The number of thiophene rings is 1. The summed E-state index contributed by atoms with van der Waals surface area (Å²) >= 11 is 1.52. The minimum Gasteiger partial charge on any atom is -0.339 e. The van der Waals surface area contributed by atoms with Gasteiger partial charge in [-0.25, -0.2) is 8.78 Å². The highest BCUT2D eigenvalue weighted by atomic mass is 32.1. The van der Waals surface area contributed by atoms with Gasteiger partial charge in [0, 0.05) is 29.6 Å². The normalized spacial score (nSPS) is 18.6. The quantitative estimate of drug-likeness (QED) is 0.831. The Labute approximate surface area is 119 Å². The molecule has 2 aromatic rings. The fourth-order valence-corrected chi connectivity index (χ4v) is 2.96. The number of ketones is 1. The van der Waals surface area contributed by atoms with Gasteiger partial charge in [0.1, 0.15) is 11.6 Å². The molecule has 5 heteroatoms. The molecule has 0 saturated carbocycles. The van der Waals surface area contributed by atoms with Crippen molar-refractivity contribution in [1.82, 2.24) is 0 Å². The molecule has 3 rings (SSSR count). The lowest BCUT2D eigenvalue weighted by Crippen LogP contribution is -2.29. The van der Waals surface area contributed by atoms with Crippen molar-refractivity contribution in [2.75, 3.05) is 4.90 Å². The molecule has 0 N–H and O–H groups in total. The third-order valence-corrected chi connectivity index (χ3v) is 3.95. The zero-order chi connectivity index (χ0) is 14.1. The van der Waals surface area contributed by atoms with Crippen LogP contribution < -0.4 is 4.90 Å². The number of carbonyl (C=O) groups excluding carboxylic acids is 1. The van der Waals surface area contributed by atoms with Gasteiger partial charge >= 0.3 is 0 Å². The van der Waals surface area contributed by atoms with Crippen molar-refractivity contribution in [3.8, 4) is 0 Å². The molecule has 0 radical (unpaired) electrons. The molecule has 0 saturated heterocycles. The number of nitrogens with zero attached hydrogens (tertiary/aromatic N) is 1. The van der Waals surface area contributed by atoms with Crippen molar-refractivity contribution in [2.45, 2.75) is 12.5 Å². The first-order chi connectivity index (χ1) is 9.65. The smallest absolute Gasteiger partial charge is 0.159 e. The number of benzene rings is 1. The molecule has 1 aliphatic rings. The molecule has 20 heavy (non-hydrogen) atoms. The van der Waals surface area contributed by atoms with Crippen LogP contribution in [-0.2, 0) is 4.79 Å². The second-order valence-corrected chi connectivity index (χ2v) is 5.34. The molecule has 1 atom stereocenters. The van der Waals surface area contributed by atoms with E-state index in [1.165, 1.54) is 29.5 Å². The Hall–Kier alpha value is -2.01. The van der Waals surface area contributed by atoms with Crippen LogP contribution in [0.3, 0.4) is 0 Å². The van der Waals surface area contributed by atoms with Crippen molar-refractivity contribution in [2.24, 2.45) is 0 Å². The van der Waals surface area contributed by atoms with Crippen LogP contribution in [0.5, 0.6) is 0 Å². The molecule has 0 aliphatic carbocycles. The molecule has 0 bridgehead atoms. The lowest BCUT2D eigenvalue weighted by atomic mass is 9.96. The predicted octanol–water partition coefficient (Wildman–Crippen LogP) is 4.06. The van der Waals surface area contributed by atoms with Gasteiger partial charge in [0.15, 0.2) is 5.78 Å². The summed E-state index contributed by atoms with van der Waals surface area (Å²) in [6, 6.07) is 4.93. The Morgan fingerprint density at radius 3 is 2.80 bits per heavy atom. The van der Waals surface area contributed by atoms with Gasteiger partial charge in [-0.2, -0.15) is 11.3 Å². The molecule has 1 aromatic carbocycles. The summed E-state index contributed by atoms with van der Waals surface area (Å²) in [7, 11) is 0. The summed E-state index contributed by atoms with van der Waals surface area (Å²) in [5.41, 5.74) is 1.22. The minimum atomic E-state index is -0.627. The molecule has 2 nitrogen and oxygen atoms in total. The van der Waals surface area contributed by atoms with E-state index in [0.29, 0.717) is 5.56 Å². The van der Waals surface area contributed by atoms with Crippen LogP contribution in [0.1, 0.15) is 18.0 Å². The van der Waals surface area contributed by atoms with E-state index in [0.717, 1.165) is 11.8 Å². The number of anilines is 1. The maximum atomic E-state index is 14.0.